The normalized spacial score (nSPS) is 16.7. The molecule has 2 nitrogen and oxygen atoms in total. The molecule has 1 fully saturated rings. The van der Waals surface area contributed by atoms with Gasteiger partial charge in [-0.25, -0.2) is 0 Å². The van der Waals surface area contributed by atoms with Crippen molar-refractivity contribution in [3.05, 3.63) is 29.3 Å². The molecule has 0 unspecified atom stereocenters. The number of anilines is 1. The van der Waals surface area contributed by atoms with Crippen LogP contribution in [-0.2, 0) is 12.6 Å². The molecule has 0 spiro atoms. The number of hydrogen-bond donors (Lipinski definition) is 1. The standard InChI is InChI=1S/C14H19F3N2/c15-14(16,17)12-10-11(6-7-18)4-5-13(12)19-8-2-1-3-9-19/h4-5,10H,1-3,6-9,18H2. The number of halogens is 3. The quantitative estimate of drug-likeness (QED) is 0.915. The first-order chi connectivity index (χ1) is 9.02. The molecule has 0 radical (unpaired) electrons. The monoisotopic (exact) mass is 272 g/mol. The van der Waals surface area contributed by atoms with Crippen molar-refractivity contribution in [2.45, 2.75) is 31.9 Å². The lowest BCUT2D eigenvalue weighted by molar-refractivity contribution is -0.137. The molecule has 2 rings (SSSR count). The second-order valence-corrected chi connectivity index (χ2v) is 4.94. The van der Waals surface area contributed by atoms with E-state index in [-0.39, 0.29) is 0 Å². The second kappa shape index (κ2) is 5.82. The van der Waals surface area contributed by atoms with Gasteiger partial charge in [-0.15, -0.1) is 0 Å². The lowest BCUT2D eigenvalue weighted by Crippen LogP contribution is -2.31. The summed E-state index contributed by atoms with van der Waals surface area (Å²) in [5, 5.41) is 0. The van der Waals surface area contributed by atoms with E-state index in [2.05, 4.69) is 0 Å². The largest absolute Gasteiger partial charge is 0.418 e. The van der Waals surface area contributed by atoms with Crippen LogP contribution in [0, 0.1) is 0 Å². The van der Waals surface area contributed by atoms with Crippen LogP contribution in [0.15, 0.2) is 18.2 Å². The Balaban J connectivity index is 2.35. The van der Waals surface area contributed by atoms with Crippen molar-refractivity contribution in [1.82, 2.24) is 0 Å². The van der Waals surface area contributed by atoms with Gasteiger partial charge in [-0.3, -0.25) is 0 Å². The minimum Gasteiger partial charge on any atom is -0.371 e. The van der Waals surface area contributed by atoms with Crippen LogP contribution in [0.1, 0.15) is 30.4 Å². The Morgan fingerprint density at radius 3 is 2.37 bits per heavy atom. The molecule has 0 aliphatic carbocycles. The van der Waals surface area contributed by atoms with Crippen molar-refractivity contribution in [3.8, 4) is 0 Å². The van der Waals surface area contributed by atoms with Crippen molar-refractivity contribution >= 4 is 5.69 Å². The van der Waals surface area contributed by atoms with Crippen LogP contribution < -0.4 is 10.6 Å². The molecule has 1 aromatic rings. The first-order valence-electron chi connectivity index (χ1n) is 6.67. The van der Waals surface area contributed by atoms with Gasteiger partial charge in [0.2, 0.25) is 0 Å². The zero-order valence-electron chi connectivity index (χ0n) is 10.8. The summed E-state index contributed by atoms with van der Waals surface area (Å²) in [5.74, 6) is 0. The fourth-order valence-corrected chi connectivity index (χ4v) is 2.54. The molecule has 106 valence electrons. The Bertz CT molecular complexity index is 423. The molecule has 0 bridgehead atoms. The van der Waals surface area contributed by atoms with Gasteiger partial charge in [-0.05, 0) is 49.9 Å². The summed E-state index contributed by atoms with van der Waals surface area (Å²) in [4.78, 5) is 1.85. The number of alkyl halides is 3. The summed E-state index contributed by atoms with van der Waals surface area (Å²) >= 11 is 0. The predicted molar refractivity (Wildman–Crippen MR) is 70.3 cm³/mol. The molecule has 0 atom stereocenters. The zero-order chi connectivity index (χ0) is 13.9. The van der Waals surface area contributed by atoms with E-state index in [1.165, 1.54) is 6.07 Å². The van der Waals surface area contributed by atoms with Crippen LogP contribution in [0.3, 0.4) is 0 Å². The van der Waals surface area contributed by atoms with Gasteiger partial charge in [-0.1, -0.05) is 6.07 Å². The van der Waals surface area contributed by atoms with E-state index in [4.69, 9.17) is 5.73 Å². The van der Waals surface area contributed by atoms with E-state index in [9.17, 15) is 13.2 Å². The molecule has 2 N–H and O–H groups in total. The third-order valence-corrected chi connectivity index (χ3v) is 3.50. The van der Waals surface area contributed by atoms with Crippen LogP contribution in [-0.4, -0.2) is 19.6 Å². The van der Waals surface area contributed by atoms with Gasteiger partial charge < -0.3 is 10.6 Å². The summed E-state index contributed by atoms with van der Waals surface area (Å²) in [5.41, 5.74) is 5.84. The van der Waals surface area contributed by atoms with Crippen LogP contribution in [0.4, 0.5) is 18.9 Å². The Labute approximate surface area is 111 Å². The van der Waals surface area contributed by atoms with E-state index < -0.39 is 11.7 Å². The predicted octanol–water partition coefficient (Wildman–Crippen LogP) is 3.20. The molecule has 1 aromatic carbocycles. The van der Waals surface area contributed by atoms with Crippen molar-refractivity contribution in [1.29, 1.82) is 0 Å². The molecule has 1 heterocycles. The molecule has 5 heteroatoms. The van der Waals surface area contributed by atoms with Crippen LogP contribution >= 0.6 is 0 Å². The lowest BCUT2D eigenvalue weighted by Gasteiger charge is -2.31. The number of nitrogens with zero attached hydrogens (tertiary/aromatic N) is 1. The second-order valence-electron chi connectivity index (χ2n) is 4.94. The summed E-state index contributed by atoms with van der Waals surface area (Å²) in [7, 11) is 0. The van der Waals surface area contributed by atoms with E-state index in [1.807, 2.05) is 4.90 Å². The van der Waals surface area contributed by atoms with Gasteiger partial charge in [0.25, 0.3) is 0 Å². The number of rotatable bonds is 3. The highest BCUT2D eigenvalue weighted by Crippen LogP contribution is 2.38. The van der Waals surface area contributed by atoms with Crippen LogP contribution in [0.25, 0.3) is 0 Å². The van der Waals surface area contributed by atoms with E-state index in [0.717, 1.165) is 19.3 Å². The van der Waals surface area contributed by atoms with Gasteiger partial charge in [0, 0.05) is 18.8 Å². The van der Waals surface area contributed by atoms with Crippen LogP contribution in [0.2, 0.25) is 0 Å². The highest BCUT2D eigenvalue weighted by atomic mass is 19.4. The number of benzene rings is 1. The first kappa shape index (κ1) is 14.2. The fourth-order valence-electron chi connectivity index (χ4n) is 2.54. The van der Waals surface area contributed by atoms with Gasteiger partial charge in [-0.2, -0.15) is 13.2 Å². The van der Waals surface area contributed by atoms with Gasteiger partial charge in [0.15, 0.2) is 0 Å². The minimum atomic E-state index is -4.31. The molecule has 0 amide bonds. The summed E-state index contributed by atoms with van der Waals surface area (Å²) < 4.78 is 39.5. The maximum Gasteiger partial charge on any atom is 0.418 e. The molecule has 0 aromatic heterocycles. The van der Waals surface area contributed by atoms with Gasteiger partial charge >= 0.3 is 6.18 Å². The SMILES string of the molecule is NCCc1ccc(N2CCCCC2)c(C(F)(F)F)c1. The highest BCUT2D eigenvalue weighted by Gasteiger charge is 2.35. The molecular formula is C14H19F3N2. The average Bonchev–Trinajstić information content (AvgIpc) is 2.39. The summed E-state index contributed by atoms with van der Waals surface area (Å²) in [6.07, 6.45) is -0.812. The molecular weight excluding hydrogens is 253 g/mol. The smallest absolute Gasteiger partial charge is 0.371 e. The van der Waals surface area contributed by atoms with Gasteiger partial charge in [0.1, 0.15) is 0 Å². The number of hydrogen-bond acceptors (Lipinski definition) is 2. The zero-order valence-corrected chi connectivity index (χ0v) is 10.8. The first-order valence-corrected chi connectivity index (χ1v) is 6.67. The summed E-state index contributed by atoms with van der Waals surface area (Å²) in [6, 6.07) is 4.60. The van der Waals surface area contributed by atoms with Crippen molar-refractivity contribution in [3.63, 3.8) is 0 Å². The lowest BCUT2D eigenvalue weighted by atomic mass is 10.0. The Hall–Kier alpha value is -1.23. The Morgan fingerprint density at radius 2 is 1.79 bits per heavy atom. The maximum atomic E-state index is 13.2. The van der Waals surface area contributed by atoms with Gasteiger partial charge in [0.05, 0.1) is 5.56 Å². The van der Waals surface area contributed by atoms with Crippen molar-refractivity contribution in [2.75, 3.05) is 24.5 Å². The molecule has 0 saturated carbocycles. The molecule has 1 saturated heterocycles. The third kappa shape index (κ3) is 3.41. The van der Waals surface area contributed by atoms with Crippen molar-refractivity contribution < 1.29 is 13.2 Å². The van der Waals surface area contributed by atoms with E-state index >= 15 is 0 Å². The van der Waals surface area contributed by atoms with E-state index in [0.29, 0.717) is 37.3 Å². The van der Waals surface area contributed by atoms with Crippen LogP contribution in [0.5, 0.6) is 0 Å². The topological polar surface area (TPSA) is 29.3 Å². The molecule has 1 aliphatic rings. The average molecular weight is 272 g/mol. The number of piperidine rings is 1. The van der Waals surface area contributed by atoms with Crippen molar-refractivity contribution in [2.24, 2.45) is 5.73 Å². The summed E-state index contributed by atoms with van der Waals surface area (Å²) in [6.45, 7) is 1.78. The third-order valence-electron chi connectivity index (χ3n) is 3.50. The molecule has 1 aliphatic heterocycles. The Morgan fingerprint density at radius 1 is 1.11 bits per heavy atom. The highest BCUT2D eigenvalue weighted by molar-refractivity contribution is 5.56. The molecule has 19 heavy (non-hydrogen) atoms. The number of nitrogens with two attached hydrogens (primary N) is 1. The fraction of sp³-hybridized carbons (Fsp3) is 0.571. The Kier molecular flexibility index (Phi) is 4.34. The minimum absolute atomic E-state index is 0.313. The van der Waals surface area contributed by atoms with E-state index in [1.54, 1.807) is 12.1 Å². The maximum absolute atomic E-state index is 13.2.